The Morgan fingerprint density at radius 1 is 1.27 bits per heavy atom. The minimum Gasteiger partial charge on any atom is -0.373 e. The highest BCUT2D eigenvalue weighted by molar-refractivity contribution is 5.16. The Morgan fingerprint density at radius 2 is 1.91 bits per heavy atom. The van der Waals surface area contributed by atoms with Crippen LogP contribution in [0, 0.1) is 0 Å². The second-order valence-corrected chi connectivity index (χ2v) is 2.21. The molecule has 0 spiro atoms. The van der Waals surface area contributed by atoms with E-state index in [2.05, 4.69) is 10.9 Å². The van der Waals surface area contributed by atoms with Crippen LogP contribution in [0.3, 0.4) is 0 Å². The van der Waals surface area contributed by atoms with E-state index in [0.29, 0.717) is 0 Å². The van der Waals surface area contributed by atoms with Gasteiger partial charge in [-0.2, -0.15) is 0 Å². The lowest BCUT2D eigenvalue weighted by Gasteiger charge is -2.10. The first-order valence-corrected chi connectivity index (χ1v) is 3.50. The molecule has 1 aromatic rings. The zero-order valence-corrected chi connectivity index (χ0v) is 6.41. The van der Waals surface area contributed by atoms with Gasteiger partial charge in [-0.05, 0) is 12.6 Å². The molecule has 11 heavy (non-hydrogen) atoms. The van der Waals surface area contributed by atoms with Crippen molar-refractivity contribution in [3.63, 3.8) is 0 Å². The van der Waals surface area contributed by atoms with Gasteiger partial charge in [0, 0.05) is 0 Å². The van der Waals surface area contributed by atoms with Crippen molar-refractivity contribution in [1.82, 2.24) is 10.9 Å². The van der Waals surface area contributed by atoms with Crippen LogP contribution in [0.5, 0.6) is 0 Å². The third-order valence-corrected chi connectivity index (χ3v) is 1.40. The molecule has 0 heterocycles. The van der Waals surface area contributed by atoms with E-state index in [9.17, 15) is 5.11 Å². The fourth-order valence-corrected chi connectivity index (χ4v) is 0.855. The SMILES string of the molecule is CNNC(O)c1ccccc1. The van der Waals surface area contributed by atoms with E-state index in [1.54, 1.807) is 7.05 Å². The smallest absolute Gasteiger partial charge is 0.143 e. The third kappa shape index (κ3) is 2.31. The Bertz CT molecular complexity index is 201. The first kappa shape index (κ1) is 8.20. The average molecular weight is 152 g/mol. The van der Waals surface area contributed by atoms with Gasteiger partial charge in [0.2, 0.25) is 0 Å². The first-order chi connectivity index (χ1) is 5.34. The molecule has 1 atom stereocenters. The van der Waals surface area contributed by atoms with Gasteiger partial charge < -0.3 is 5.11 Å². The molecular weight excluding hydrogens is 140 g/mol. The third-order valence-electron chi connectivity index (χ3n) is 1.40. The van der Waals surface area contributed by atoms with Crippen molar-refractivity contribution < 1.29 is 5.11 Å². The van der Waals surface area contributed by atoms with Crippen LogP contribution < -0.4 is 10.9 Å². The highest BCUT2D eigenvalue weighted by Gasteiger charge is 2.01. The largest absolute Gasteiger partial charge is 0.373 e. The van der Waals surface area contributed by atoms with Gasteiger partial charge in [-0.25, -0.2) is 5.43 Å². The number of aliphatic hydroxyl groups excluding tert-OH is 1. The number of hydrogen-bond donors (Lipinski definition) is 3. The molecule has 0 saturated heterocycles. The predicted molar refractivity (Wildman–Crippen MR) is 43.6 cm³/mol. The van der Waals surface area contributed by atoms with Gasteiger partial charge in [0.1, 0.15) is 6.23 Å². The quantitative estimate of drug-likeness (QED) is 0.434. The highest BCUT2D eigenvalue weighted by atomic mass is 16.3. The molecule has 0 aliphatic heterocycles. The maximum absolute atomic E-state index is 9.35. The summed E-state index contributed by atoms with van der Waals surface area (Å²) in [5.41, 5.74) is 6.18. The van der Waals surface area contributed by atoms with Gasteiger partial charge in [-0.1, -0.05) is 30.3 Å². The Kier molecular flexibility index (Phi) is 3.04. The molecule has 60 valence electrons. The lowest BCUT2D eigenvalue weighted by molar-refractivity contribution is 0.125. The molecule has 1 unspecified atom stereocenters. The summed E-state index contributed by atoms with van der Waals surface area (Å²) in [4.78, 5) is 0. The van der Waals surface area contributed by atoms with Crippen molar-refractivity contribution in [1.29, 1.82) is 0 Å². The van der Waals surface area contributed by atoms with E-state index in [1.165, 1.54) is 0 Å². The maximum Gasteiger partial charge on any atom is 0.143 e. The summed E-state index contributed by atoms with van der Waals surface area (Å²) >= 11 is 0. The van der Waals surface area contributed by atoms with E-state index in [-0.39, 0.29) is 0 Å². The number of rotatable bonds is 3. The average Bonchev–Trinajstić information content (AvgIpc) is 2.07. The zero-order valence-electron chi connectivity index (χ0n) is 6.41. The summed E-state index contributed by atoms with van der Waals surface area (Å²) in [7, 11) is 1.71. The van der Waals surface area contributed by atoms with Gasteiger partial charge >= 0.3 is 0 Å². The van der Waals surface area contributed by atoms with Crippen LogP contribution in [-0.2, 0) is 0 Å². The van der Waals surface area contributed by atoms with Crippen LogP contribution in [0.1, 0.15) is 11.8 Å². The molecular formula is C8H12N2O. The van der Waals surface area contributed by atoms with Crippen molar-refractivity contribution in [3.05, 3.63) is 35.9 Å². The summed E-state index contributed by atoms with van der Waals surface area (Å²) in [6, 6.07) is 9.39. The molecule has 0 bridgehead atoms. The Labute approximate surface area is 66.0 Å². The maximum atomic E-state index is 9.35. The van der Waals surface area contributed by atoms with Crippen LogP contribution in [-0.4, -0.2) is 12.2 Å². The molecule has 1 aromatic carbocycles. The second-order valence-electron chi connectivity index (χ2n) is 2.21. The molecule has 3 N–H and O–H groups in total. The number of benzene rings is 1. The molecule has 0 fully saturated rings. The number of nitrogens with one attached hydrogen (secondary N) is 2. The summed E-state index contributed by atoms with van der Waals surface area (Å²) in [6.07, 6.45) is -0.638. The molecule has 1 rings (SSSR count). The summed E-state index contributed by atoms with van der Waals surface area (Å²) in [6.45, 7) is 0. The molecule has 0 aromatic heterocycles. The minimum atomic E-state index is -0.638. The van der Waals surface area contributed by atoms with Gasteiger partial charge in [-0.3, -0.25) is 5.43 Å². The normalized spacial score (nSPS) is 12.9. The van der Waals surface area contributed by atoms with Crippen molar-refractivity contribution >= 4 is 0 Å². The van der Waals surface area contributed by atoms with Gasteiger partial charge in [0.05, 0.1) is 0 Å². The van der Waals surface area contributed by atoms with Crippen LogP contribution in [0.25, 0.3) is 0 Å². The van der Waals surface area contributed by atoms with Crippen molar-refractivity contribution in [2.24, 2.45) is 0 Å². The van der Waals surface area contributed by atoms with Crippen molar-refractivity contribution in [3.8, 4) is 0 Å². The van der Waals surface area contributed by atoms with Crippen LogP contribution in [0.4, 0.5) is 0 Å². The summed E-state index contributed by atoms with van der Waals surface area (Å²) in [5, 5.41) is 9.35. The van der Waals surface area contributed by atoms with Crippen LogP contribution in [0.2, 0.25) is 0 Å². The van der Waals surface area contributed by atoms with E-state index >= 15 is 0 Å². The second kappa shape index (κ2) is 4.08. The monoisotopic (exact) mass is 152 g/mol. The van der Waals surface area contributed by atoms with Crippen molar-refractivity contribution in [2.75, 3.05) is 7.05 Å². The summed E-state index contributed by atoms with van der Waals surface area (Å²) in [5.74, 6) is 0. The number of aliphatic hydroxyl groups is 1. The standard InChI is InChI=1S/C8H12N2O/c1-9-10-8(11)7-5-3-2-4-6-7/h2-6,8-11H,1H3. The molecule has 0 aliphatic carbocycles. The van der Waals surface area contributed by atoms with Crippen LogP contribution >= 0.6 is 0 Å². The predicted octanol–water partition coefficient (Wildman–Crippen LogP) is 0.401. The lowest BCUT2D eigenvalue weighted by atomic mass is 10.2. The molecule has 3 nitrogen and oxygen atoms in total. The molecule has 0 aliphatic rings. The lowest BCUT2D eigenvalue weighted by Crippen LogP contribution is -2.31. The summed E-state index contributed by atoms with van der Waals surface area (Å²) < 4.78 is 0. The molecule has 0 radical (unpaired) electrons. The Hall–Kier alpha value is -0.900. The molecule has 3 heteroatoms. The van der Waals surface area contributed by atoms with Gasteiger partial charge in [0.15, 0.2) is 0 Å². The van der Waals surface area contributed by atoms with E-state index in [4.69, 9.17) is 0 Å². The number of hydrazine groups is 1. The Morgan fingerprint density at radius 3 is 2.45 bits per heavy atom. The van der Waals surface area contributed by atoms with Crippen LogP contribution in [0.15, 0.2) is 30.3 Å². The molecule has 0 amide bonds. The van der Waals surface area contributed by atoms with E-state index in [0.717, 1.165) is 5.56 Å². The fourth-order valence-electron chi connectivity index (χ4n) is 0.855. The molecule has 0 saturated carbocycles. The minimum absolute atomic E-state index is 0.638. The Balaban J connectivity index is 2.61. The zero-order chi connectivity index (χ0) is 8.10. The van der Waals surface area contributed by atoms with E-state index in [1.807, 2.05) is 30.3 Å². The van der Waals surface area contributed by atoms with Crippen molar-refractivity contribution in [2.45, 2.75) is 6.23 Å². The van der Waals surface area contributed by atoms with Gasteiger partial charge in [-0.15, -0.1) is 0 Å². The van der Waals surface area contributed by atoms with Gasteiger partial charge in [0.25, 0.3) is 0 Å². The van der Waals surface area contributed by atoms with E-state index < -0.39 is 6.23 Å². The fraction of sp³-hybridized carbons (Fsp3) is 0.250. The number of hydrogen-bond acceptors (Lipinski definition) is 3. The highest BCUT2D eigenvalue weighted by Crippen LogP contribution is 2.06. The topological polar surface area (TPSA) is 44.3 Å². The first-order valence-electron chi connectivity index (χ1n) is 3.50.